The maximum absolute atomic E-state index is 13.0. The van der Waals surface area contributed by atoms with Gasteiger partial charge in [0, 0.05) is 19.3 Å². The Labute approximate surface area is 506 Å². The molecule has 1 atom stereocenters. The van der Waals surface area contributed by atoms with Gasteiger partial charge in [0.25, 0.3) is 0 Å². The van der Waals surface area contributed by atoms with E-state index < -0.39 is 6.10 Å². The Bertz CT molecular complexity index is 1310. The maximum Gasteiger partial charge on any atom is 0.306 e. The lowest BCUT2D eigenvalue weighted by molar-refractivity contribution is -0.167. The fourth-order valence-electron chi connectivity index (χ4n) is 11.4. The van der Waals surface area contributed by atoms with Crippen LogP contribution in [0.25, 0.3) is 0 Å². The molecule has 0 aliphatic carbocycles. The van der Waals surface area contributed by atoms with Gasteiger partial charge < -0.3 is 14.2 Å². The van der Waals surface area contributed by atoms with Gasteiger partial charge in [0.2, 0.25) is 0 Å². The van der Waals surface area contributed by atoms with Crippen LogP contribution < -0.4 is 0 Å². The first-order valence-corrected chi connectivity index (χ1v) is 36.8. The highest BCUT2D eigenvalue weighted by molar-refractivity contribution is 5.71. The van der Waals surface area contributed by atoms with Crippen LogP contribution in [0.2, 0.25) is 0 Å². The molecule has 0 aromatic carbocycles. The van der Waals surface area contributed by atoms with Crippen molar-refractivity contribution >= 4 is 17.9 Å². The molecule has 0 aliphatic heterocycles. The molecule has 81 heavy (non-hydrogen) atoms. The highest BCUT2D eigenvalue weighted by Crippen LogP contribution is 2.19. The molecule has 0 fully saturated rings. The van der Waals surface area contributed by atoms with Crippen molar-refractivity contribution in [3.05, 3.63) is 24.3 Å². The van der Waals surface area contributed by atoms with Crippen molar-refractivity contribution in [2.75, 3.05) is 13.2 Å². The molecule has 0 N–H and O–H groups in total. The van der Waals surface area contributed by atoms with Crippen LogP contribution in [-0.2, 0) is 28.6 Å². The second kappa shape index (κ2) is 70.4. The molecule has 0 radical (unpaired) electrons. The fourth-order valence-corrected chi connectivity index (χ4v) is 11.4. The Kier molecular flexibility index (Phi) is 68.5. The Hall–Kier alpha value is -2.11. The predicted molar refractivity (Wildman–Crippen MR) is 353 cm³/mol. The lowest BCUT2D eigenvalue weighted by atomic mass is 10.0. The van der Waals surface area contributed by atoms with Crippen molar-refractivity contribution in [1.29, 1.82) is 0 Å². The molecule has 0 aliphatic rings. The van der Waals surface area contributed by atoms with Crippen LogP contribution in [0.15, 0.2) is 24.3 Å². The average Bonchev–Trinajstić information content (AvgIpc) is 3.47. The van der Waals surface area contributed by atoms with Gasteiger partial charge in [-0.05, 0) is 51.4 Å². The molecule has 0 spiro atoms. The summed E-state index contributed by atoms with van der Waals surface area (Å²) in [5.74, 6) is -0.836. The van der Waals surface area contributed by atoms with Crippen molar-refractivity contribution < 1.29 is 28.6 Å². The minimum Gasteiger partial charge on any atom is -0.462 e. The molecular formula is C75H142O6. The number of esters is 3. The van der Waals surface area contributed by atoms with Crippen LogP contribution >= 0.6 is 0 Å². The van der Waals surface area contributed by atoms with E-state index in [2.05, 4.69) is 45.1 Å². The predicted octanol–water partition coefficient (Wildman–Crippen LogP) is 25.3. The van der Waals surface area contributed by atoms with Crippen LogP contribution in [0.5, 0.6) is 0 Å². The van der Waals surface area contributed by atoms with E-state index in [-0.39, 0.29) is 31.1 Å². The van der Waals surface area contributed by atoms with Crippen molar-refractivity contribution in [3.8, 4) is 0 Å². The number of ether oxygens (including phenoxy) is 3. The third kappa shape index (κ3) is 68.6. The van der Waals surface area contributed by atoms with E-state index in [1.165, 1.54) is 315 Å². The van der Waals surface area contributed by atoms with Gasteiger partial charge in [0.1, 0.15) is 13.2 Å². The van der Waals surface area contributed by atoms with E-state index in [1.54, 1.807) is 0 Å². The number of hydrogen-bond donors (Lipinski definition) is 0. The van der Waals surface area contributed by atoms with Crippen LogP contribution in [0.4, 0.5) is 0 Å². The Balaban J connectivity index is 4.20. The van der Waals surface area contributed by atoms with E-state index in [0.717, 1.165) is 64.2 Å². The minimum atomic E-state index is -0.771. The molecule has 0 amide bonds. The van der Waals surface area contributed by atoms with Gasteiger partial charge in [-0.2, -0.15) is 0 Å². The van der Waals surface area contributed by atoms with Crippen LogP contribution in [0.3, 0.4) is 0 Å². The summed E-state index contributed by atoms with van der Waals surface area (Å²) in [6.07, 6.45) is 86.5. The first kappa shape index (κ1) is 78.9. The summed E-state index contributed by atoms with van der Waals surface area (Å²) in [4.78, 5) is 38.5. The summed E-state index contributed by atoms with van der Waals surface area (Å²) in [5, 5.41) is 0. The number of carbonyl (C=O) groups excluding carboxylic acids is 3. The van der Waals surface area contributed by atoms with Crippen molar-refractivity contribution in [2.24, 2.45) is 0 Å². The van der Waals surface area contributed by atoms with Gasteiger partial charge in [-0.25, -0.2) is 0 Å². The molecule has 6 nitrogen and oxygen atoms in total. The lowest BCUT2D eigenvalue weighted by Gasteiger charge is -2.18. The second-order valence-corrected chi connectivity index (χ2v) is 25.2. The SMILES string of the molecule is CCCCCCC/C=C\C/C=C\CCCCCCCCCCCC(=O)OC(COC(=O)CCCCCCCCCCCCCCCC)COC(=O)CCCCCCCCCCCCCCCCCCCCCCCCCCCCCC. The monoisotopic (exact) mass is 1140 g/mol. The van der Waals surface area contributed by atoms with E-state index in [9.17, 15) is 14.4 Å². The Morgan fingerprint density at radius 1 is 0.247 bits per heavy atom. The van der Waals surface area contributed by atoms with E-state index in [4.69, 9.17) is 14.2 Å². The lowest BCUT2D eigenvalue weighted by Crippen LogP contribution is -2.30. The maximum atomic E-state index is 13.0. The molecule has 0 heterocycles. The zero-order valence-electron chi connectivity index (χ0n) is 55.1. The highest BCUT2D eigenvalue weighted by Gasteiger charge is 2.20. The second-order valence-electron chi connectivity index (χ2n) is 25.2. The van der Waals surface area contributed by atoms with E-state index in [0.29, 0.717) is 19.3 Å². The van der Waals surface area contributed by atoms with Gasteiger partial charge in [-0.1, -0.05) is 373 Å². The van der Waals surface area contributed by atoms with Gasteiger partial charge in [-0.3, -0.25) is 14.4 Å². The molecule has 478 valence electrons. The van der Waals surface area contributed by atoms with Gasteiger partial charge in [-0.15, -0.1) is 0 Å². The van der Waals surface area contributed by atoms with Crippen LogP contribution in [0.1, 0.15) is 419 Å². The van der Waals surface area contributed by atoms with E-state index >= 15 is 0 Å². The largest absolute Gasteiger partial charge is 0.462 e. The Morgan fingerprint density at radius 2 is 0.444 bits per heavy atom. The summed E-state index contributed by atoms with van der Waals surface area (Å²) >= 11 is 0. The zero-order valence-corrected chi connectivity index (χ0v) is 55.1. The smallest absolute Gasteiger partial charge is 0.306 e. The van der Waals surface area contributed by atoms with E-state index in [1.807, 2.05) is 0 Å². The zero-order chi connectivity index (χ0) is 58.5. The van der Waals surface area contributed by atoms with Gasteiger partial charge >= 0.3 is 17.9 Å². The van der Waals surface area contributed by atoms with Crippen LogP contribution in [0, 0.1) is 0 Å². The molecule has 0 bridgehead atoms. The number of carbonyl (C=O) groups is 3. The first-order chi connectivity index (χ1) is 40.0. The number of allylic oxidation sites excluding steroid dienone is 4. The summed E-state index contributed by atoms with van der Waals surface area (Å²) in [5.41, 5.74) is 0. The van der Waals surface area contributed by atoms with Crippen LogP contribution in [-0.4, -0.2) is 37.2 Å². The topological polar surface area (TPSA) is 78.9 Å². The number of hydrogen-bond acceptors (Lipinski definition) is 6. The fraction of sp³-hybridized carbons (Fsp3) is 0.907. The normalized spacial score (nSPS) is 12.1. The standard InChI is InChI=1S/C75H142O6/c1-4-7-10-13-16-19-22-25-28-30-32-34-35-36-37-38-39-40-42-43-45-47-50-53-56-59-62-65-68-74(77)80-71-72(70-79-73(76)67-64-61-58-55-52-49-27-24-21-18-15-12-9-6-3)81-75(78)69-66-63-60-57-54-51-48-46-44-41-33-31-29-26-23-20-17-14-11-8-5-2/h23,26,31,33,72H,4-22,24-25,27-30,32,34-71H2,1-3H3/b26-23-,33-31-. The molecule has 0 saturated carbocycles. The molecule has 6 heteroatoms. The summed E-state index contributed by atoms with van der Waals surface area (Å²) in [6, 6.07) is 0. The third-order valence-electron chi connectivity index (χ3n) is 17.0. The highest BCUT2D eigenvalue weighted by atomic mass is 16.6. The minimum absolute atomic E-state index is 0.0663. The average molecular weight is 1140 g/mol. The number of unbranched alkanes of at least 4 members (excludes halogenated alkanes) is 54. The molecule has 1 unspecified atom stereocenters. The van der Waals surface area contributed by atoms with Gasteiger partial charge in [0.15, 0.2) is 6.10 Å². The molecule has 0 aromatic rings. The number of rotatable bonds is 69. The molecule has 0 aromatic heterocycles. The quantitative estimate of drug-likeness (QED) is 0.0261. The van der Waals surface area contributed by atoms with Gasteiger partial charge in [0.05, 0.1) is 0 Å². The summed E-state index contributed by atoms with van der Waals surface area (Å²) in [6.45, 7) is 6.72. The summed E-state index contributed by atoms with van der Waals surface area (Å²) in [7, 11) is 0. The Morgan fingerprint density at radius 3 is 0.679 bits per heavy atom. The molecular weight excluding hydrogens is 997 g/mol. The van der Waals surface area contributed by atoms with Crippen molar-refractivity contribution in [2.45, 2.75) is 425 Å². The molecule has 0 rings (SSSR count). The molecule has 0 saturated heterocycles. The first-order valence-electron chi connectivity index (χ1n) is 36.8. The summed E-state index contributed by atoms with van der Waals surface area (Å²) < 4.78 is 17.0. The van der Waals surface area contributed by atoms with Crippen molar-refractivity contribution in [3.63, 3.8) is 0 Å². The third-order valence-corrected chi connectivity index (χ3v) is 17.0. The van der Waals surface area contributed by atoms with Crippen molar-refractivity contribution in [1.82, 2.24) is 0 Å².